The number of methoxy groups -OCH3 is 1. The maximum Gasteiger partial charge on any atom is 0.309 e. The Morgan fingerprint density at radius 1 is 1.41 bits per heavy atom. The summed E-state index contributed by atoms with van der Waals surface area (Å²) < 4.78 is 17.7. The van der Waals surface area contributed by atoms with E-state index in [0.717, 1.165) is 25.1 Å². The molecule has 2 atom stereocenters. The largest absolute Gasteiger partial charge is 0.469 e. The van der Waals surface area contributed by atoms with E-state index in [0.29, 0.717) is 0 Å². The van der Waals surface area contributed by atoms with Crippen LogP contribution in [0.25, 0.3) is 0 Å². The highest BCUT2D eigenvalue weighted by Crippen LogP contribution is 2.30. The molecule has 4 heteroatoms. The van der Waals surface area contributed by atoms with E-state index in [9.17, 15) is 9.18 Å². The molecule has 0 radical (unpaired) electrons. The molecule has 3 nitrogen and oxygen atoms in total. The van der Waals surface area contributed by atoms with Crippen LogP contribution in [-0.4, -0.2) is 26.2 Å². The van der Waals surface area contributed by atoms with Gasteiger partial charge in [0, 0.05) is 12.5 Å². The third-order valence-corrected chi connectivity index (χ3v) is 3.28. The van der Waals surface area contributed by atoms with Crippen molar-refractivity contribution in [2.24, 2.45) is 5.92 Å². The number of esters is 1. The van der Waals surface area contributed by atoms with Crippen LogP contribution in [0, 0.1) is 11.7 Å². The average Bonchev–Trinajstić information content (AvgIpc) is 2.39. The lowest BCUT2D eigenvalue weighted by Crippen LogP contribution is -2.39. The molecule has 1 aliphatic rings. The van der Waals surface area contributed by atoms with Crippen molar-refractivity contribution in [1.29, 1.82) is 0 Å². The van der Waals surface area contributed by atoms with Crippen molar-refractivity contribution >= 4 is 5.97 Å². The number of hydrogen-bond donors (Lipinski definition) is 1. The number of halogens is 1. The molecular formula is C13H16FNO2. The van der Waals surface area contributed by atoms with Crippen LogP contribution in [0.4, 0.5) is 4.39 Å². The molecule has 1 aromatic carbocycles. The second-order valence-corrected chi connectivity index (χ2v) is 4.28. The Bertz CT molecular complexity index is 391. The summed E-state index contributed by atoms with van der Waals surface area (Å²) >= 11 is 0. The number of rotatable bonds is 2. The van der Waals surface area contributed by atoms with Crippen LogP contribution >= 0.6 is 0 Å². The van der Waals surface area contributed by atoms with Gasteiger partial charge in [-0.2, -0.15) is 0 Å². The second-order valence-electron chi connectivity index (χ2n) is 4.28. The van der Waals surface area contributed by atoms with Crippen LogP contribution in [-0.2, 0) is 9.53 Å². The van der Waals surface area contributed by atoms with Gasteiger partial charge in [0.15, 0.2) is 0 Å². The van der Waals surface area contributed by atoms with E-state index in [2.05, 4.69) is 5.32 Å². The highest BCUT2D eigenvalue weighted by Gasteiger charge is 2.32. The normalized spacial score (nSPS) is 24.4. The lowest BCUT2D eigenvalue weighted by atomic mass is 9.81. The third-order valence-electron chi connectivity index (χ3n) is 3.28. The number of benzene rings is 1. The zero-order chi connectivity index (χ0) is 12.3. The van der Waals surface area contributed by atoms with Gasteiger partial charge in [0.25, 0.3) is 0 Å². The van der Waals surface area contributed by atoms with Gasteiger partial charge in [-0.1, -0.05) is 12.1 Å². The molecule has 92 valence electrons. The minimum absolute atomic E-state index is 0.0665. The molecule has 2 rings (SSSR count). The first-order valence-electron chi connectivity index (χ1n) is 5.76. The topological polar surface area (TPSA) is 38.3 Å². The van der Waals surface area contributed by atoms with Crippen molar-refractivity contribution in [3.63, 3.8) is 0 Å². The van der Waals surface area contributed by atoms with Crippen LogP contribution in [0.1, 0.15) is 17.9 Å². The molecule has 0 aromatic heterocycles. The summed E-state index contributed by atoms with van der Waals surface area (Å²) in [4.78, 5) is 11.7. The number of carbonyl (C=O) groups excluding carboxylic acids is 1. The van der Waals surface area contributed by atoms with Crippen LogP contribution in [0.3, 0.4) is 0 Å². The second kappa shape index (κ2) is 5.27. The predicted octanol–water partition coefficient (Wildman–Crippen LogP) is 1.69. The molecule has 1 saturated heterocycles. The summed E-state index contributed by atoms with van der Waals surface area (Å²) in [6, 6.07) is 6.34. The Hall–Kier alpha value is -1.42. The molecule has 0 amide bonds. The fraction of sp³-hybridized carbons (Fsp3) is 0.462. The highest BCUT2D eigenvalue weighted by molar-refractivity contribution is 5.73. The summed E-state index contributed by atoms with van der Waals surface area (Å²) in [7, 11) is 1.41. The van der Waals surface area contributed by atoms with E-state index in [-0.39, 0.29) is 23.6 Å². The Morgan fingerprint density at radius 2 is 2.12 bits per heavy atom. The Balaban J connectivity index is 2.21. The quantitative estimate of drug-likeness (QED) is 0.795. The molecule has 0 saturated carbocycles. The van der Waals surface area contributed by atoms with Crippen LogP contribution < -0.4 is 5.32 Å². The van der Waals surface area contributed by atoms with Gasteiger partial charge in [-0.3, -0.25) is 4.79 Å². The summed E-state index contributed by atoms with van der Waals surface area (Å²) in [5, 5.41) is 3.26. The Morgan fingerprint density at radius 3 is 2.76 bits per heavy atom. The van der Waals surface area contributed by atoms with Crippen LogP contribution in [0.5, 0.6) is 0 Å². The van der Waals surface area contributed by atoms with Crippen molar-refractivity contribution in [3.05, 3.63) is 35.6 Å². The minimum Gasteiger partial charge on any atom is -0.469 e. The van der Waals surface area contributed by atoms with E-state index in [1.54, 1.807) is 12.1 Å². The first-order chi connectivity index (χ1) is 8.22. The van der Waals surface area contributed by atoms with Crippen molar-refractivity contribution in [3.8, 4) is 0 Å². The van der Waals surface area contributed by atoms with E-state index in [4.69, 9.17) is 4.74 Å². The molecule has 2 unspecified atom stereocenters. The maximum atomic E-state index is 12.9. The Kier molecular flexibility index (Phi) is 3.74. The maximum absolute atomic E-state index is 12.9. The molecule has 0 spiro atoms. The van der Waals surface area contributed by atoms with Crippen molar-refractivity contribution < 1.29 is 13.9 Å². The molecule has 17 heavy (non-hydrogen) atoms. The van der Waals surface area contributed by atoms with E-state index >= 15 is 0 Å². The van der Waals surface area contributed by atoms with Crippen molar-refractivity contribution in [2.45, 2.75) is 12.3 Å². The van der Waals surface area contributed by atoms with E-state index in [1.165, 1.54) is 19.2 Å². The number of hydrogen-bond acceptors (Lipinski definition) is 3. The molecule has 1 N–H and O–H groups in total. The zero-order valence-corrected chi connectivity index (χ0v) is 9.78. The molecule has 1 aromatic rings. The molecule has 1 fully saturated rings. The highest BCUT2D eigenvalue weighted by atomic mass is 19.1. The number of carbonyl (C=O) groups is 1. The standard InChI is InChI=1S/C13H16FNO2/c1-17-13(16)11-6-7-15-8-12(11)9-2-4-10(14)5-3-9/h2-5,11-12,15H,6-8H2,1H3. The summed E-state index contributed by atoms with van der Waals surface area (Å²) in [5.74, 6) is -0.503. The SMILES string of the molecule is COC(=O)C1CCNCC1c1ccc(F)cc1. The van der Waals surface area contributed by atoms with Crippen molar-refractivity contribution in [2.75, 3.05) is 20.2 Å². The van der Waals surface area contributed by atoms with Gasteiger partial charge in [-0.05, 0) is 30.7 Å². The molecule has 0 bridgehead atoms. The zero-order valence-electron chi connectivity index (χ0n) is 9.78. The lowest BCUT2D eigenvalue weighted by Gasteiger charge is -2.30. The van der Waals surface area contributed by atoms with Crippen LogP contribution in [0.15, 0.2) is 24.3 Å². The molecule has 1 aliphatic heterocycles. The summed E-state index contributed by atoms with van der Waals surface area (Å²) in [6.07, 6.45) is 0.759. The molecular weight excluding hydrogens is 221 g/mol. The van der Waals surface area contributed by atoms with Gasteiger partial charge in [-0.25, -0.2) is 4.39 Å². The third kappa shape index (κ3) is 2.64. The minimum atomic E-state index is -0.257. The van der Waals surface area contributed by atoms with Crippen molar-refractivity contribution in [1.82, 2.24) is 5.32 Å². The first-order valence-corrected chi connectivity index (χ1v) is 5.76. The monoisotopic (exact) mass is 237 g/mol. The summed E-state index contributed by atoms with van der Waals surface area (Å²) in [6.45, 7) is 1.54. The first kappa shape index (κ1) is 12.0. The fourth-order valence-corrected chi connectivity index (χ4v) is 2.35. The van der Waals surface area contributed by atoms with Gasteiger partial charge in [0.1, 0.15) is 5.82 Å². The smallest absolute Gasteiger partial charge is 0.309 e. The number of ether oxygens (including phenoxy) is 1. The van der Waals surface area contributed by atoms with E-state index < -0.39 is 0 Å². The molecule has 1 heterocycles. The Labute approximate surface area is 100.0 Å². The molecule has 0 aliphatic carbocycles. The van der Waals surface area contributed by atoms with Gasteiger partial charge >= 0.3 is 5.97 Å². The van der Waals surface area contributed by atoms with Gasteiger partial charge in [-0.15, -0.1) is 0 Å². The average molecular weight is 237 g/mol. The van der Waals surface area contributed by atoms with E-state index in [1.807, 2.05) is 0 Å². The van der Waals surface area contributed by atoms with Gasteiger partial charge in [0.05, 0.1) is 13.0 Å². The van der Waals surface area contributed by atoms with Crippen LogP contribution in [0.2, 0.25) is 0 Å². The number of piperidine rings is 1. The van der Waals surface area contributed by atoms with Gasteiger partial charge in [0.2, 0.25) is 0 Å². The lowest BCUT2D eigenvalue weighted by molar-refractivity contribution is -0.147. The predicted molar refractivity (Wildman–Crippen MR) is 62.1 cm³/mol. The fourth-order valence-electron chi connectivity index (χ4n) is 2.35. The summed E-state index contributed by atoms with van der Waals surface area (Å²) in [5.41, 5.74) is 0.981. The number of nitrogens with one attached hydrogen (secondary N) is 1. The van der Waals surface area contributed by atoms with Gasteiger partial charge < -0.3 is 10.1 Å².